The van der Waals surface area contributed by atoms with Crippen LogP contribution in [0.1, 0.15) is 5.56 Å². The fourth-order valence-corrected chi connectivity index (χ4v) is 4.27. The number of carbonyl (C=O) groups is 1. The summed E-state index contributed by atoms with van der Waals surface area (Å²) in [7, 11) is -2.16. The highest BCUT2D eigenvalue weighted by atomic mass is 79.9. The number of rotatable bonds is 7. The summed E-state index contributed by atoms with van der Waals surface area (Å²) in [5.41, 5.74) is 2.14. The van der Waals surface area contributed by atoms with Gasteiger partial charge in [-0.3, -0.25) is 9.10 Å². The molecule has 0 atom stereocenters. The monoisotopic (exact) mass is 488 g/mol. The van der Waals surface area contributed by atoms with Crippen molar-refractivity contribution in [1.82, 2.24) is 0 Å². The lowest BCUT2D eigenvalue weighted by atomic mass is 10.2. The molecular formula is C22H21BrN2O4S. The number of amides is 1. The summed E-state index contributed by atoms with van der Waals surface area (Å²) >= 11 is 3.35. The highest BCUT2D eigenvalue weighted by Crippen LogP contribution is 2.24. The lowest BCUT2D eigenvalue weighted by Crippen LogP contribution is -2.26. The molecule has 0 heterocycles. The van der Waals surface area contributed by atoms with Crippen LogP contribution in [0, 0.1) is 6.92 Å². The molecule has 0 saturated carbocycles. The van der Waals surface area contributed by atoms with Crippen LogP contribution >= 0.6 is 15.9 Å². The number of aryl methyl sites for hydroxylation is 1. The Bertz CT molecular complexity index is 1130. The van der Waals surface area contributed by atoms with Gasteiger partial charge in [0, 0.05) is 17.2 Å². The number of hydrogen-bond donors (Lipinski definition) is 1. The summed E-state index contributed by atoms with van der Waals surface area (Å²) in [6, 6.07) is 20.5. The second kappa shape index (κ2) is 9.32. The topological polar surface area (TPSA) is 75.7 Å². The number of hydrogen-bond acceptors (Lipinski definition) is 4. The average Bonchev–Trinajstić information content (AvgIpc) is 2.72. The first-order chi connectivity index (χ1) is 14.3. The van der Waals surface area contributed by atoms with Crippen LogP contribution in [0.4, 0.5) is 11.4 Å². The normalized spacial score (nSPS) is 11.0. The van der Waals surface area contributed by atoms with Crippen molar-refractivity contribution < 1.29 is 17.9 Å². The molecule has 0 unspecified atom stereocenters. The van der Waals surface area contributed by atoms with Crippen molar-refractivity contribution in [1.29, 1.82) is 0 Å². The van der Waals surface area contributed by atoms with E-state index in [4.69, 9.17) is 4.74 Å². The van der Waals surface area contributed by atoms with E-state index in [0.29, 0.717) is 17.1 Å². The first-order valence-corrected chi connectivity index (χ1v) is 11.3. The van der Waals surface area contributed by atoms with Crippen molar-refractivity contribution in [3.63, 3.8) is 0 Å². The number of nitrogens with one attached hydrogen (secondary N) is 1. The molecule has 3 aromatic carbocycles. The van der Waals surface area contributed by atoms with Crippen molar-refractivity contribution in [2.24, 2.45) is 0 Å². The van der Waals surface area contributed by atoms with E-state index in [2.05, 4.69) is 21.2 Å². The minimum absolute atomic E-state index is 0.163. The molecule has 30 heavy (non-hydrogen) atoms. The van der Waals surface area contributed by atoms with Crippen LogP contribution < -0.4 is 14.4 Å². The third-order valence-electron chi connectivity index (χ3n) is 4.36. The predicted octanol–water partition coefficient (Wildman–Crippen LogP) is 4.60. The van der Waals surface area contributed by atoms with Crippen LogP contribution in [-0.4, -0.2) is 28.0 Å². The van der Waals surface area contributed by atoms with Gasteiger partial charge in [0.15, 0.2) is 6.61 Å². The number of sulfonamides is 1. The quantitative estimate of drug-likeness (QED) is 0.527. The van der Waals surface area contributed by atoms with Crippen LogP contribution in [0.15, 0.2) is 82.2 Å². The molecule has 0 aliphatic carbocycles. The van der Waals surface area contributed by atoms with Gasteiger partial charge in [-0.15, -0.1) is 0 Å². The molecule has 1 amide bonds. The largest absolute Gasteiger partial charge is 0.484 e. The Hall–Kier alpha value is -2.84. The highest BCUT2D eigenvalue weighted by molar-refractivity contribution is 9.10. The van der Waals surface area contributed by atoms with E-state index in [1.165, 1.54) is 11.4 Å². The fourth-order valence-electron chi connectivity index (χ4n) is 2.67. The molecule has 3 rings (SSSR count). The van der Waals surface area contributed by atoms with Gasteiger partial charge in [0.25, 0.3) is 15.9 Å². The molecule has 0 saturated heterocycles. The van der Waals surface area contributed by atoms with Crippen LogP contribution in [0.3, 0.4) is 0 Å². The molecule has 6 nitrogen and oxygen atoms in total. The van der Waals surface area contributed by atoms with Gasteiger partial charge in [-0.05, 0) is 61.5 Å². The van der Waals surface area contributed by atoms with E-state index < -0.39 is 10.0 Å². The van der Waals surface area contributed by atoms with Crippen molar-refractivity contribution in [2.75, 3.05) is 23.3 Å². The molecule has 8 heteroatoms. The smallest absolute Gasteiger partial charge is 0.264 e. The first kappa shape index (κ1) is 21.9. The van der Waals surface area contributed by atoms with Gasteiger partial charge in [0.05, 0.1) is 10.6 Å². The van der Waals surface area contributed by atoms with Gasteiger partial charge in [-0.25, -0.2) is 8.42 Å². The number of carbonyl (C=O) groups excluding carboxylic acids is 1. The number of anilines is 2. The van der Waals surface area contributed by atoms with Crippen LogP contribution in [0.2, 0.25) is 0 Å². The molecule has 0 aliphatic rings. The summed E-state index contributed by atoms with van der Waals surface area (Å²) in [6.07, 6.45) is 0. The predicted molar refractivity (Wildman–Crippen MR) is 121 cm³/mol. The molecule has 0 bridgehead atoms. The Morgan fingerprint density at radius 2 is 1.70 bits per heavy atom. The Kier molecular flexibility index (Phi) is 6.79. The van der Waals surface area contributed by atoms with Crippen LogP contribution in [0.25, 0.3) is 0 Å². The Morgan fingerprint density at radius 3 is 2.33 bits per heavy atom. The van der Waals surface area contributed by atoms with Gasteiger partial charge in [0.2, 0.25) is 0 Å². The zero-order valence-electron chi connectivity index (χ0n) is 16.5. The number of nitrogens with zero attached hydrogens (tertiary/aromatic N) is 1. The molecular weight excluding hydrogens is 468 g/mol. The summed E-state index contributed by atoms with van der Waals surface area (Å²) in [5.74, 6) is 0.167. The van der Waals surface area contributed by atoms with E-state index in [1.54, 1.807) is 60.7 Å². The fraction of sp³-hybridized carbons (Fsp3) is 0.136. The minimum Gasteiger partial charge on any atom is -0.484 e. The van der Waals surface area contributed by atoms with E-state index in [1.807, 2.05) is 19.1 Å². The standard InChI is InChI=1S/C22H21BrN2O4S/c1-16-6-12-21(13-7-16)30(27,28)25(2)19-8-10-20(11-9-19)29-15-22(26)24-18-5-3-4-17(23)14-18/h3-14H,15H2,1-2H3,(H,24,26). The molecule has 0 aromatic heterocycles. The van der Waals surface area contributed by atoms with Crippen molar-refractivity contribution in [3.8, 4) is 5.75 Å². The summed E-state index contributed by atoms with van der Waals surface area (Å²) in [5, 5.41) is 2.74. The Morgan fingerprint density at radius 1 is 1.03 bits per heavy atom. The summed E-state index contributed by atoms with van der Waals surface area (Å²) in [4.78, 5) is 12.3. The van der Waals surface area contributed by atoms with E-state index in [-0.39, 0.29) is 17.4 Å². The second-order valence-corrected chi connectivity index (χ2v) is 9.51. The lowest BCUT2D eigenvalue weighted by Gasteiger charge is -2.20. The van der Waals surface area contributed by atoms with Gasteiger partial charge in [-0.2, -0.15) is 0 Å². The third kappa shape index (κ3) is 5.40. The molecule has 156 valence electrons. The molecule has 1 N–H and O–H groups in total. The van der Waals surface area contributed by atoms with Gasteiger partial charge < -0.3 is 10.1 Å². The maximum atomic E-state index is 12.8. The Balaban J connectivity index is 1.61. The Labute approximate surface area is 184 Å². The summed E-state index contributed by atoms with van der Waals surface area (Å²) in [6.45, 7) is 1.74. The number of ether oxygens (including phenoxy) is 1. The number of halogens is 1. The molecule has 0 radical (unpaired) electrons. The SMILES string of the molecule is Cc1ccc(S(=O)(=O)N(C)c2ccc(OCC(=O)Nc3cccc(Br)c3)cc2)cc1. The van der Waals surface area contributed by atoms with Crippen LogP contribution in [-0.2, 0) is 14.8 Å². The maximum absolute atomic E-state index is 12.8. The van der Waals surface area contributed by atoms with Crippen molar-refractivity contribution in [3.05, 3.63) is 82.8 Å². The minimum atomic E-state index is -3.66. The molecule has 0 spiro atoms. The molecule has 0 aliphatic heterocycles. The van der Waals surface area contributed by atoms with Crippen molar-refractivity contribution >= 4 is 43.2 Å². The summed E-state index contributed by atoms with van der Waals surface area (Å²) < 4.78 is 33.1. The van der Waals surface area contributed by atoms with E-state index in [0.717, 1.165) is 10.0 Å². The number of benzene rings is 3. The van der Waals surface area contributed by atoms with Gasteiger partial charge in [0.1, 0.15) is 5.75 Å². The lowest BCUT2D eigenvalue weighted by molar-refractivity contribution is -0.118. The highest BCUT2D eigenvalue weighted by Gasteiger charge is 2.21. The zero-order valence-corrected chi connectivity index (χ0v) is 18.9. The van der Waals surface area contributed by atoms with Crippen molar-refractivity contribution in [2.45, 2.75) is 11.8 Å². The maximum Gasteiger partial charge on any atom is 0.264 e. The molecule has 0 fully saturated rings. The van der Waals surface area contributed by atoms with E-state index >= 15 is 0 Å². The van der Waals surface area contributed by atoms with Gasteiger partial charge >= 0.3 is 0 Å². The first-order valence-electron chi connectivity index (χ1n) is 9.09. The van der Waals surface area contributed by atoms with E-state index in [9.17, 15) is 13.2 Å². The third-order valence-corrected chi connectivity index (χ3v) is 6.65. The zero-order chi connectivity index (χ0) is 21.7. The second-order valence-electron chi connectivity index (χ2n) is 6.63. The van der Waals surface area contributed by atoms with Crippen LogP contribution in [0.5, 0.6) is 5.75 Å². The van der Waals surface area contributed by atoms with Gasteiger partial charge in [-0.1, -0.05) is 39.7 Å². The average molecular weight is 489 g/mol. The molecule has 3 aromatic rings.